The number of pyridine rings is 1. The zero-order chi connectivity index (χ0) is 17.1. The van der Waals surface area contributed by atoms with E-state index in [1.165, 1.54) is 11.8 Å². The number of hydrogen-bond acceptors (Lipinski definition) is 3. The van der Waals surface area contributed by atoms with Gasteiger partial charge in [0.2, 0.25) is 0 Å². The highest BCUT2D eigenvalue weighted by Gasteiger charge is 2.25. The first-order chi connectivity index (χ1) is 11.6. The van der Waals surface area contributed by atoms with E-state index in [1.807, 2.05) is 11.0 Å². The number of carbonyl (C=O) groups excluding carboxylic acids is 1. The summed E-state index contributed by atoms with van der Waals surface area (Å²) >= 11 is 11.8. The standard InChI is InChI=1S/C18H19Cl2N3O/c19-16-9-15(11-22-17(16)20)18(24)23-6-4-13(5-7-23)14-3-1-2-12(8-14)10-21/h1-3,8-9,11,13H,4-7,10,21H2. The van der Waals surface area contributed by atoms with E-state index in [1.54, 1.807) is 6.07 Å². The van der Waals surface area contributed by atoms with Crippen LogP contribution in [0.2, 0.25) is 10.2 Å². The average Bonchev–Trinajstić information content (AvgIpc) is 2.63. The highest BCUT2D eigenvalue weighted by Crippen LogP contribution is 2.29. The first kappa shape index (κ1) is 17.2. The lowest BCUT2D eigenvalue weighted by Crippen LogP contribution is -2.38. The minimum absolute atomic E-state index is 0.0461. The Balaban J connectivity index is 1.65. The topological polar surface area (TPSA) is 59.2 Å². The van der Waals surface area contributed by atoms with Gasteiger partial charge in [0.15, 0.2) is 0 Å². The fraction of sp³-hybridized carbons (Fsp3) is 0.333. The first-order valence-corrected chi connectivity index (χ1v) is 8.73. The third-order valence-corrected chi connectivity index (χ3v) is 5.17. The highest BCUT2D eigenvalue weighted by molar-refractivity contribution is 6.41. The molecule has 1 aromatic heterocycles. The van der Waals surface area contributed by atoms with Crippen molar-refractivity contribution in [1.82, 2.24) is 9.88 Å². The summed E-state index contributed by atoms with van der Waals surface area (Å²) < 4.78 is 0. The van der Waals surface area contributed by atoms with Crippen LogP contribution in [0.1, 0.15) is 40.2 Å². The fourth-order valence-corrected chi connectivity index (χ4v) is 3.38. The molecule has 1 aliphatic rings. The average molecular weight is 364 g/mol. The van der Waals surface area contributed by atoms with Crippen LogP contribution in [0.15, 0.2) is 36.5 Å². The molecule has 2 aromatic rings. The van der Waals surface area contributed by atoms with Crippen LogP contribution in [0.25, 0.3) is 0 Å². The van der Waals surface area contributed by atoms with Crippen molar-refractivity contribution in [2.24, 2.45) is 5.73 Å². The maximum Gasteiger partial charge on any atom is 0.255 e. The number of hydrogen-bond donors (Lipinski definition) is 1. The van der Waals surface area contributed by atoms with Crippen LogP contribution in [0.5, 0.6) is 0 Å². The molecule has 0 radical (unpaired) electrons. The van der Waals surface area contributed by atoms with Gasteiger partial charge < -0.3 is 10.6 Å². The largest absolute Gasteiger partial charge is 0.339 e. The molecule has 4 nitrogen and oxygen atoms in total. The molecule has 1 aliphatic heterocycles. The second-order valence-electron chi connectivity index (χ2n) is 6.01. The maximum absolute atomic E-state index is 12.6. The molecule has 0 unspecified atom stereocenters. The van der Waals surface area contributed by atoms with Gasteiger partial charge in [-0.05, 0) is 36.0 Å². The van der Waals surface area contributed by atoms with Gasteiger partial charge in [-0.15, -0.1) is 0 Å². The number of amides is 1. The Morgan fingerprint density at radius 1 is 1.25 bits per heavy atom. The minimum atomic E-state index is -0.0461. The second-order valence-corrected chi connectivity index (χ2v) is 6.78. The van der Waals surface area contributed by atoms with Crippen molar-refractivity contribution >= 4 is 29.1 Å². The SMILES string of the molecule is NCc1cccc(C2CCN(C(=O)c3cnc(Cl)c(Cl)c3)CC2)c1. The van der Waals surface area contributed by atoms with Crippen LogP contribution in [-0.2, 0) is 6.54 Å². The van der Waals surface area contributed by atoms with Crippen LogP contribution in [0.3, 0.4) is 0 Å². The van der Waals surface area contributed by atoms with Crippen molar-refractivity contribution in [2.75, 3.05) is 13.1 Å². The molecule has 3 rings (SSSR count). The maximum atomic E-state index is 12.6. The summed E-state index contributed by atoms with van der Waals surface area (Å²) in [6, 6.07) is 9.99. The summed E-state index contributed by atoms with van der Waals surface area (Å²) in [4.78, 5) is 18.4. The third-order valence-electron chi connectivity index (χ3n) is 4.48. The Hall–Kier alpha value is -1.62. The molecule has 126 valence electrons. The molecule has 1 aromatic carbocycles. The quantitative estimate of drug-likeness (QED) is 0.842. The third kappa shape index (κ3) is 3.72. The predicted octanol–water partition coefficient (Wildman–Crippen LogP) is 3.87. The van der Waals surface area contributed by atoms with E-state index in [0.29, 0.717) is 23.0 Å². The monoisotopic (exact) mass is 363 g/mol. The molecule has 0 spiro atoms. The number of aromatic nitrogens is 1. The van der Waals surface area contributed by atoms with Gasteiger partial charge in [0, 0.05) is 25.8 Å². The molecule has 0 aliphatic carbocycles. The van der Waals surface area contributed by atoms with Crippen LogP contribution in [-0.4, -0.2) is 28.9 Å². The number of carbonyl (C=O) groups is 1. The number of benzene rings is 1. The van der Waals surface area contributed by atoms with Crippen LogP contribution < -0.4 is 5.73 Å². The van der Waals surface area contributed by atoms with Crippen molar-refractivity contribution in [3.63, 3.8) is 0 Å². The molecular weight excluding hydrogens is 345 g/mol. The Morgan fingerprint density at radius 3 is 2.67 bits per heavy atom. The summed E-state index contributed by atoms with van der Waals surface area (Å²) in [5, 5.41) is 0.516. The Bertz CT molecular complexity index is 743. The number of likely N-dealkylation sites (tertiary alicyclic amines) is 1. The highest BCUT2D eigenvalue weighted by atomic mass is 35.5. The summed E-state index contributed by atoms with van der Waals surface area (Å²) in [5.41, 5.74) is 8.65. The van der Waals surface area contributed by atoms with Crippen LogP contribution in [0.4, 0.5) is 0 Å². The van der Waals surface area contributed by atoms with E-state index in [9.17, 15) is 4.79 Å². The number of nitrogens with two attached hydrogens (primary N) is 1. The Labute approximate surface area is 151 Å². The molecular formula is C18H19Cl2N3O. The molecule has 1 amide bonds. The normalized spacial score (nSPS) is 15.5. The Morgan fingerprint density at radius 2 is 2.00 bits per heavy atom. The van der Waals surface area contributed by atoms with Gasteiger partial charge in [-0.2, -0.15) is 0 Å². The van der Waals surface area contributed by atoms with Crippen LogP contribution >= 0.6 is 23.2 Å². The lowest BCUT2D eigenvalue weighted by molar-refractivity contribution is 0.0712. The van der Waals surface area contributed by atoms with Gasteiger partial charge >= 0.3 is 0 Å². The number of rotatable bonds is 3. The van der Waals surface area contributed by atoms with Crippen molar-refractivity contribution in [3.8, 4) is 0 Å². The molecule has 2 N–H and O–H groups in total. The summed E-state index contributed by atoms with van der Waals surface area (Å²) in [7, 11) is 0. The number of nitrogens with zero attached hydrogens (tertiary/aromatic N) is 2. The van der Waals surface area contributed by atoms with Gasteiger partial charge in [-0.1, -0.05) is 47.5 Å². The summed E-state index contributed by atoms with van der Waals surface area (Å²) in [6.45, 7) is 1.99. The smallest absolute Gasteiger partial charge is 0.255 e. The van der Waals surface area contributed by atoms with Gasteiger partial charge in [-0.25, -0.2) is 4.98 Å². The number of piperidine rings is 1. The van der Waals surface area contributed by atoms with E-state index in [-0.39, 0.29) is 11.1 Å². The molecule has 1 saturated heterocycles. The van der Waals surface area contributed by atoms with Gasteiger partial charge in [0.25, 0.3) is 5.91 Å². The molecule has 0 bridgehead atoms. The zero-order valence-electron chi connectivity index (χ0n) is 13.2. The Kier molecular flexibility index (Phi) is 5.39. The molecule has 6 heteroatoms. The van der Waals surface area contributed by atoms with E-state index >= 15 is 0 Å². The molecule has 1 fully saturated rings. The van der Waals surface area contributed by atoms with Crippen molar-refractivity contribution in [2.45, 2.75) is 25.3 Å². The minimum Gasteiger partial charge on any atom is -0.339 e. The van der Waals surface area contributed by atoms with E-state index in [2.05, 4.69) is 23.2 Å². The summed E-state index contributed by atoms with van der Waals surface area (Å²) in [6.07, 6.45) is 3.36. The molecule has 0 atom stereocenters. The first-order valence-electron chi connectivity index (χ1n) is 7.97. The van der Waals surface area contributed by atoms with Crippen molar-refractivity contribution < 1.29 is 4.79 Å². The molecule has 0 saturated carbocycles. The lowest BCUT2D eigenvalue weighted by Gasteiger charge is -2.32. The fourth-order valence-electron chi connectivity index (χ4n) is 3.11. The second kappa shape index (κ2) is 7.51. The zero-order valence-corrected chi connectivity index (χ0v) is 14.7. The lowest BCUT2D eigenvalue weighted by atomic mass is 9.88. The van der Waals surface area contributed by atoms with Crippen molar-refractivity contribution in [1.29, 1.82) is 0 Å². The molecule has 24 heavy (non-hydrogen) atoms. The van der Waals surface area contributed by atoms with Crippen molar-refractivity contribution in [3.05, 3.63) is 63.4 Å². The summed E-state index contributed by atoms with van der Waals surface area (Å²) in [5.74, 6) is 0.419. The van der Waals surface area contributed by atoms with Gasteiger partial charge in [0.05, 0.1) is 10.6 Å². The van der Waals surface area contributed by atoms with Gasteiger partial charge in [-0.3, -0.25) is 4.79 Å². The number of halogens is 2. The van der Waals surface area contributed by atoms with Crippen LogP contribution in [0, 0.1) is 0 Å². The van der Waals surface area contributed by atoms with E-state index < -0.39 is 0 Å². The predicted molar refractivity (Wildman–Crippen MR) is 96.5 cm³/mol. The van der Waals surface area contributed by atoms with E-state index in [4.69, 9.17) is 28.9 Å². The van der Waals surface area contributed by atoms with Gasteiger partial charge in [0.1, 0.15) is 5.15 Å². The van der Waals surface area contributed by atoms with E-state index in [0.717, 1.165) is 31.5 Å². The molecule has 2 heterocycles.